The van der Waals surface area contributed by atoms with Gasteiger partial charge >= 0.3 is 12.0 Å². The molecule has 2 N–H and O–H groups in total. The summed E-state index contributed by atoms with van der Waals surface area (Å²) in [5.41, 5.74) is 0.416. The van der Waals surface area contributed by atoms with Gasteiger partial charge in [0.05, 0.1) is 32.6 Å². The molecule has 0 saturated heterocycles. The van der Waals surface area contributed by atoms with Crippen LogP contribution >= 0.6 is 0 Å². The number of methoxy groups -OCH3 is 2. The molecule has 0 radical (unpaired) electrons. The SMILES string of the molecule is CCOC(=O)c1c(CS(=O)(=O)NC(=O)Nc2nc(OC)cc(OC)n2)nn(C)c1C. The minimum absolute atomic E-state index is 0.0333. The first-order valence-electron chi connectivity index (χ1n) is 8.58. The molecule has 164 valence electrons. The number of amides is 2. The summed E-state index contributed by atoms with van der Waals surface area (Å²) in [6, 6.07) is 0.260. The number of nitrogens with zero attached hydrogens (tertiary/aromatic N) is 4. The molecule has 0 atom stereocenters. The third-order valence-electron chi connectivity index (χ3n) is 3.78. The van der Waals surface area contributed by atoms with Crippen LogP contribution in [0.25, 0.3) is 0 Å². The Bertz CT molecular complexity index is 1030. The summed E-state index contributed by atoms with van der Waals surface area (Å²) in [7, 11) is 0.0404. The van der Waals surface area contributed by atoms with Crippen LogP contribution in [0.1, 0.15) is 28.7 Å². The van der Waals surface area contributed by atoms with Crippen molar-refractivity contribution in [1.82, 2.24) is 24.5 Å². The Morgan fingerprint density at radius 1 is 1.17 bits per heavy atom. The summed E-state index contributed by atoms with van der Waals surface area (Å²) in [5, 5.41) is 6.22. The van der Waals surface area contributed by atoms with E-state index in [1.807, 2.05) is 4.72 Å². The highest BCUT2D eigenvalue weighted by molar-refractivity contribution is 7.89. The molecule has 0 aliphatic heterocycles. The van der Waals surface area contributed by atoms with Gasteiger partial charge in [-0.15, -0.1) is 0 Å². The molecule has 0 aliphatic rings. The lowest BCUT2D eigenvalue weighted by Gasteiger charge is -2.09. The van der Waals surface area contributed by atoms with Crippen LogP contribution in [0.15, 0.2) is 6.07 Å². The number of carbonyl (C=O) groups is 2. The van der Waals surface area contributed by atoms with E-state index in [0.717, 1.165) is 0 Å². The number of anilines is 1. The van der Waals surface area contributed by atoms with Crippen molar-refractivity contribution in [3.05, 3.63) is 23.0 Å². The largest absolute Gasteiger partial charge is 0.481 e. The van der Waals surface area contributed by atoms with Crippen molar-refractivity contribution in [3.8, 4) is 11.8 Å². The molecule has 2 heterocycles. The highest BCUT2D eigenvalue weighted by Crippen LogP contribution is 2.18. The number of ether oxygens (including phenoxy) is 3. The minimum atomic E-state index is -4.22. The van der Waals surface area contributed by atoms with E-state index in [0.29, 0.717) is 5.69 Å². The maximum absolute atomic E-state index is 12.4. The first kappa shape index (κ1) is 22.9. The summed E-state index contributed by atoms with van der Waals surface area (Å²) < 4.78 is 42.9. The van der Waals surface area contributed by atoms with Gasteiger partial charge in [0, 0.05) is 12.7 Å². The van der Waals surface area contributed by atoms with Gasteiger partial charge in [0.2, 0.25) is 27.7 Å². The van der Waals surface area contributed by atoms with Gasteiger partial charge < -0.3 is 14.2 Å². The van der Waals surface area contributed by atoms with Crippen LogP contribution in [-0.2, 0) is 27.6 Å². The quantitative estimate of drug-likeness (QED) is 0.546. The number of aryl methyl sites for hydroxylation is 1. The fourth-order valence-electron chi connectivity index (χ4n) is 2.40. The van der Waals surface area contributed by atoms with Gasteiger partial charge in [-0.05, 0) is 13.8 Å². The topological polar surface area (TPSA) is 164 Å². The van der Waals surface area contributed by atoms with Crippen molar-refractivity contribution in [2.75, 3.05) is 26.1 Å². The molecular weight excluding hydrogens is 420 g/mol. The van der Waals surface area contributed by atoms with Crippen LogP contribution < -0.4 is 19.5 Å². The first-order valence-corrected chi connectivity index (χ1v) is 10.2. The van der Waals surface area contributed by atoms with E-state index in [4.69, 9.17) is 14.2 Å². The normalized spacial score (nSPS) is 11.0. The van der Waals surface area contributed by atoms with E-state index < -0.39 is 27.8 Å². The molecule has 13 nitrogen and oxygen atoms in total. The first-order chi connectivity index (χ1) is 14.1. The van der Waals surface area contributed by atoms with Crippen molar-refractivity contribution in [2.24, 2.45) is 7.05 Å². The van der Waals surface area contributed by atoms with E-state index in [-0.39, 0.29) is 35.6 Å². The summed E-state index contributed by atoms with van der Waals surface area (Å²) in [6.45, 7) is 3.34. The molecule has 0 fully saturated rings. The standard InChI is InChI=1S/C16H22N6O7S/c1-6-29-14(23)13-9(2)22(3)20-10(13)8-30(25,26)21-16(24)19-15-17-11(27-4)7-12(18-15)28-5/h7H,6,8H2,1-5H3,(H2,17,18,19,21,24). The third kappa shape index (κ3) is 5.56. The Hall–Kier alpha value is -3.42. The van der Waals surface area contributed by atoms with Crippen LogP contribution in [0, 0.1) is 6.92 Å². The van der Waals surface area contributed by atoms with Crippen molar-refractivity contribution in [1.29, 1.82) is 0 Å². The van der Waals surface area contributed by atoms with Gasteiger partial charge in [0.25, 0.3) is 0 Å². The average molecular weight is 442 g/mol. The average Bonchev–Trinajstić information content (AvgIpc) is 2.93. The molecule has 30 heavy (non-hydrogen) atoms. The van der Waals surface area contributed by atoms with E-state index >= 15 is 0 Å². The molecule has 14 heteroatoms. The molecule has 0 saturated carbocycles. The third-order valence-corrected chi connectivity index (χ3v) is 4.93. The van der Waals surface area contributed by atoms with Crippen LogP contribution in [0.4, 0.5) is 10.7 Å². The Morgan fingerprint density at radius 3 is 2.30 bits per heavy atom. The molecule has 0 unspecified atom stereocenters. The number of nitrogens with one attached hydrogen (secondary N) is 2. The second kappa shape index (κ2) is 9.39. The smallest absolute Gasteiger partial charge is 0.341 e. The van der Waals surface area contributed by atoms with E-state index in [1.165, 1.54) is 25.0 Å². The Balaban J connectivity index is 2.17. The van der Waals surface area contributed by atoms with Crippen LogP contribution in [0.3, 0.4) is 0 Å². The maximum Gasteiger partial charge on any atom is 0.341 e. The highest BCUT2D eigenvalue weighted by atomic mass is 32.2. The summed E-state index contributed by atoms with van der Waals surface area (Å²) in [4.78, 5) is 32.0. The second-order valence-electron chi connectivity index (χ2n) is 5.84. The van der Waals surface area contributed by atoms with Crippen molar-refractivity contribution < 1.29 is 32.2 Å². The van der Waals surface area contributed by atoms with E-state index in [9.17, 15) is 18.0 Å². The van der Waals surface area contributed by atoms with Gasteiger partial charge in [-0.3, -0.25) is 10.00 Å². The monoisotopic (exact) mass is 442 g/mol. The molecule has 0 aliphatic carbocycles. The van der Waals surface area contributed by atoms with Gasteiger partial charge in [-0.1, -0.05) is 0 Å². The van der Waals surface area contributed by atoms with Gasteiger partial charge in [-0.25, -0.2) is 22.7 Å². The number of aromatic nitrogens is 4. The molecule has 2 rings (SSSR count). The van der Waals surface area contributed by atoms with E-state index in [1.54, 1.807) is 20.9 Å². The van der Waals surface area contributed by atoms with Gasteiger partial charge in [0.1, 0.15) is 11.3 Å². The molecule has 2 amide bonds. The number of urea groups is 1. The predicted molar refractivity (Wildman–Crippen MR) is 104 cm³/mol. The summed E-state index contributed by atoms with van der Waals surface area (Å²) in [5.74, 6) is -1.46. The van der Waals surface area contributed by atoms with Crippen molar-refractivity contribution in [2.45, 2.75) is 19.6 Å². The Labute approximate surface area is 172 Å². The minimum Gasteiger partial charge on any atom is -0.481 e. The molecule has 2 aromatic heterocycles. The molecule has 0 aromatic carbocycles. The van der Waals surface area contributed by atoms with Crippen LogP contribution in [-0.4, -0.2) is 61.0 Å². The van der Waals surface area contributed by atoms with Crippen molar-refractivity contribution in [3.63, 3.8) is 0 Å². The maximum atomic E-state index is 12.4. The second-order valence-corrected chi connectivity index (χ2v) is 7.57. The molecular formula is C16H22N6O7S. The Morgan fingerprint density at radius 2 is 1.77 bits per heavy atom. The fraction of sp³-hybridized carbons (Fsp3) is 0.438. The number of hydrogen-bond acceptors (Lipinski definition) is 10. The fourth-order valence-corrected chi connectivity index (χ4v) is 3.37. The molecule has 0 bridgehead atoms. The lowest BCUT2D eigenvalue weighted by molar-refractivity contribution is 0.0524. The number of carbonyl (C=O) groups excluding carboxylic acids is 2. The zero-order valence-corrected chi connectivity index (χ0v) is 17.9. The highest BCUT2D eigenvalue weighted by Gasteiger charge is 2.26. The zero-order chi connectivity index (χ0) is 22.5. The lowest BCUT2D eigenvalue weighted by Crippen LogP contribution is -2.36. The van der Waals surface area contributed by atoms with E-state index in [2.05, 4.69) is 20.4 Å². The number of sulfonamides is 1. The number of esters is 1. The molecule has 2 aromatic rings. The van der Waals surface area contributed by atoms with Crippen molar-refractivity contribution >= 4 is 28.0 Å². The number of hydrogen-bond donors (Lipinski definition) is 2. The predicted octanol–water partition coefficient (Wildman–Crippen LogP) is 0.364. The zero-order valence-electron chi connectivity index (χ0n) is 17.0. The van der Waals surface area contributed by atoms with Crippen LogP contribution in [0.2, 0.25) is 0 Å². The summed E-state index contributed by atoms with van der Waals surface area (Å²) in [6.07, 6.45) is 0. The van der Waals surface area contributed by atoms with Crippen LogP contribution in [0.5, 0.6) is 11.8 Å². The summed E-state index contributed by atoms with van der Waals surface area (Å²) >= 11 is 0. The van der Waals surface area contributed by atoms with Gasteiger partial charge in [-0.2, -0.15) is 15.1 Å². The Kier molecular flexibility index (Phi) is 7.15. The molecule has 0 spiro atoms. The lowest BCUT2D eigenvalue weighted by atomic mass is 10.2. The number of rotatable bonds is 8. The van der Waals surface area contributed by atoms with Gasteiger partial charge in [0.15, 0.2) is 0 Å².